The van der Waals surface area contributed by atoms with Crippen molar-refractivity contribution in [3.63, 3.8) is 0 Å². The highest BCUT2D eigenvalue weighted by Crippen LogP contribution is 2.25. The van der Waals surface area contributed by atoms with Gasteiger partial charge in [0.1, 0.15) is 12.0 Å². The lowest BCUT2D eigenvalue weighted by Gasteiger charge is -2.22. The maximum atomic E-state index is 11.8. The fourth-order valence-electron chi connectivity index (χ4n) is 2.37. The van der Waals surface area contributed by atoms with Gasteiger partial charge in [0.15, 0.2) is 6.61 Å². The molecule has 1 aromatic carbocycles. The molecule has 1 N–H and O–H groups in total. The molecular formula is C15H18BrNO3. The number of nitrogens with one attached hydrogen (secondary N) is 1. The average molecular weight is 340 g/mol. The number of carbonyl (C=O) groups excluding carboxylic acids is 2. The second kappa shape index (κ2) is 7.43. The molecule has 0 bridgehead atoms. The molecule has 0 heterocycles. The predicted octanol–water partition coefficient (Wildman–Crippen LogP) is 3.09. The fraction of sp³-hybridized carbons (Fsp3) is 0.467. The van der Waals surface area contributed by atoms with Crippen LogP contribution in [0.2, 0.25) is 0 Å². The van der Waals surface area contributed by atoms with Gasteiger partial charge in [-0.1, -0.05) is 19.3 Å². The number of ether oxygens (including phenoxy) is 1. The van der Waals surface area contributed by atoms with Crippen LogP contribution in [0.25, 0.3) is 0 Å². The Kier molecular flexibility index (Phi) is 5.59. The molecule has 1 saturated carbocycles. The Hall–Kier alpha value is -1.36. The average Bonchev–Trinajstić information content (AvgIpc) is 2.47. The van der Waals surface area contributed by atoms with Crippen molar-refractivity contribution in [3.8, 4) is 5.75 Å². The van der Waals surface area contributed by atoms with Crippen LogP contribution in [-0.2, 0) is 4.79 Å². The van der Waals surface area contributed by atoms with Gasteiger partial charge >= 0.3 is 0 Å². The van der Waals surface area contributed by atoms with Crippen LogP contribution in [0, 0.1) is 0 Å². The van der Waals surface area contributed by atoms with E-state index in [0.717, 1.165) is 19.1 Å². The lowest BCUT2D eigenvalue weighted by molar-refractivity contribution is -0.124. The number of carbonyl (C=O) groups is 2. The molecule has 1 fully saturated rings. The Morgan fingerprint density at radius 1 is 1.35 bits per heavy atom. The van der Waals surface area contributed by atoms with Crippen molar-refractivity contribution in [2.75, 3.05) is 6.61 Å². The normalized spacial score (nSPS) is 15.7. The molecule has 1 amide bonds. The van der Waals surface area contributed by atoms with E-state index in [2.05, 4.69) is 21.2 Å². The van der Waals surface area contributed by atoms with Crippen molar-refractivity contribution < 1.29 is 14.3 Å². The van der Waals surface area contributed by atoms with Crippen LogP contribution in [0.4, 0.5) is 0 Å². The van der Waals surface area contributed by atoms with Gasteiger partial charge in [0.05, 0.1) is 4.47 Å². The number of aldehydes is 1. The summed E-state index contributed by atoms with van der Waals surface area (Å²) < 4.78 is 6.14. The lowest BCUT2D eigenvalue weighted by atomic mass is 9.95. The molecule has 0 unspecified atom stereocenters. The van der Waals surface area contributed by atoms with Crippen LogP contribution in [0.5, 0.6) is 5.75 Å². The van der Waals surface area contributed by atoms with Crippen molar-refractivity contribution in [2.45, 2.75) is 38.1 Å². The second-order valence-electron chi connectivity index (χ2n) is 5.00. The van der Waals surface area contributed by atoms with Gasteiger partial charge < -0.3 is 10.1 Å². The summed E-state index contributed by atoms with van der Waals surface area (Å²) >= 11 is 3.32. The lowest BCUT2D eigenvalue weighted by Crippen LogP contribution is -2.39. The van der Waals surface area contributed by atoms with E-state index >= 15 is 0 Å². The monoisotopic (exact) mass is 339 g/mol. The zero-order chi connectivity index (χ0) is 14.4. The molecule has 2 rings (SSSR count). The van der Waals surface area contributed by atoms with E-state index in [1.54, 1.807) is 18.2 Å². The third-order valence-electron chi connectivity index (χ3n) is 3.42. The van der Waals surface area contributed by atoms with Gasteiger partial charge in [-0.25, -0.2) is 0 Å². The fourth-order valence-corrected chi connectivity index (χ4v) is 2.88. The maximum absolute atomic E-state index is 11.8. The first-order valence-electron chi connectivity index (χ1n) is 6.86. The molecule has 5 heteroatoms. The summed E-state index contributed by atoms with van der Waals surface area (Å²) in [7, 11) is 0. The Morgan fingerprint density at radius 2 is 2.10 bits per heavy atom. The first-order chi connectivity index (χ1) is 9.69. The quantitative estimate of drug-likeness (QED) is 0.838. The summed E-state index contributed by atoms with van der Waals surface area (Å²) in [4.78, 5) is 22.4. The number of hydrogen-bond donors (Lipinski definition) is 1. The van der Waals surface area contributed by atoms with E-state index < -0.39 is 0 Å². The van der Waals surface area contributed by atoms with E-state index in [-0.39, 0.29) is 12.5 Å². The minimum atomic E-state index is -0.0942. The van der Waals surface area contributed by atoms with E-state index in [0.29, 0.717) is 21.8 Å². The molecule has 0 atom stereocenters. The van der Waals surface area contributed by atoms with Gasteiger partial charge in [0.25, 0.3) is 5.91 Å². The van der Waals surface area contributed by atoms with E-state index in [4.69, 9.17) is 4.74 Å². The summed E-state index contributed by atoms with van der Waals surface area (Å²) in [5.41, 5.74) is 0.566. The minimum Gasteiger partial charge on any atom is -0.483 e. The molecule has 0 aromatic heterocycles. The number of benzene rings is 1. The van der Waals surface area contributed by atoms with Gasteiger partial charge in [0, 0.05) is 11.6 Å². The topological polar surface area (TPSA) is 55.4 Å². The zero-order valence-electron chi connectivity index (χ0n) is 11.2. The van der Waals surface area contributed by atoms with E-state index in [9.17, 15) is 9.59 Å². The summed E-state index contributed by atoms with van der Waals surface area (Å²) in [5.74, 6) is 0.470. The number of hydrogen-bond acceptors (Lipinski definition) is 3. The Bertz CT molecular complexity index is 484. The molecule has 1 aromatic rings. The van der Waals surface area contributed by atoms with E-state index in [1.807, 2.05) is 0 Å². The largest absolute Gasteiger partial charge is 0.483 e. The molecule has 0 saturated heterocycles. The van der Waals surface area contributed by atoms with Crippen LogP contribution < -0.4 is 10.1 Å². The molecule has 20 heavy (non-hydrogen) atoms. The number of amides is 1. The molecule has 1 aliphatic carbocycles. The summed E-state index contributed by atoms with van der Waals surface area (Å²) in [5, 5.41) is 3.00. The standard InChI is InChI=1S/C15H18BrNO3/c16-13-8-11(9-18)6-7-14(13)20-10-15(19)17-12-4-2-1-3-5-12/h6-9,12H,1-5,10H2,(H,17,19). The van der Waals surface area contributed by atoms with Crippen molar-refractivity contribution in [1.29, 1.82) is 0 Å². The van der Waals surface area contributed by atoms with Gasteiger partial charge in [-0.3, -0.25) is 9.59 Å². The molecule has 1 aliphatic rings. The van der Waals surface area contributed by atoms with Crippen LogP contribution in [0.3, 0.4) is 0 Å². The predicted molar refractivity (Wildman–Crippen MR) is 80.0 cm³/mol. The van der Waals surface area contributed by atoms with Crippen LogP contribution in [0.15, 0.2) is 22.7 Å². The third kappa shape index (κ3) is 4.34. The third-order valence-corrected chi connectivity index (χ3v) is 4.04. The molecule has 0 aliphatic heterocycles. The summed E-state index contributed by atoms with van der Waals surface area (Å²) in [6, 6.07) is 5.30. The van der Waals surface area contributed by atoms with Crippen molar-refractivity contribution >= 4 is 28.1 Å². The van der Waals surface area contributed by atoms with E-state index in [1.165, 1.54) is 19.3 Å². The Balaban J connectivity index is 1.82. The molecule has 0 radical (unpaired) electrons. The Labute approximate surface area is 127 Å². The second-order valence-corrected chi connectivity index (χ2v) is 5.85. The maximum Gasteiger partial charge on any atom is 0.258 e. The van der Waals surface area contributed by atoms with Crippen LogP contribution >= 0.6 is 15.9 Å². The van der Waals surface area contributed by atoms with Crippen molar-refractivity contribution in [2.24, 2.45) is 0 Å². The first kappa shape index (κ1) is 15.0. The highest BCUT2D eigenvalue weighted by molar-refractivity contribution is 9.10. The van der Waals surface area contributed by atoms with Crippen LogP contribution in [0.1, 0.15) is 42.5 Å². The highest BCUT2D eigenvalue weighted by Gasteiger charge is 2.16. The summed E-state index contributed by atoms with van der Waals surface area (Å²) in [6.07, 6.45) is 6.52. The van der Waals surface area contributed by atoms with Gasteiger partial charge in [-0.15, -0.1) is 0 Å². The zero-order valence-corrected chi connectivity index (χ0v) is 12.8. The first-order valence-corrected chi connectivity index (χ1v) is 7.65. The Morgan fingerprint density at radius 3 is 2.75 bits per heavy atom. The minimum absolute atomic E-state index is 0.00443. The SMILES string of the molecule is O=Cc1ccc(OCC(=O)NC2CCCCC2)c(Br)c1. The van der Waals surface area contributed by atoms with Crippen molar-refractivity contribution in [1.82, 2.24) is 5.32 Å². The van der Waals surface area contributed by atoms with Gasteiger partial charge in [0.2, 0.25) is 0 Å². The molecular weight excluding hydrogens is 322 g/mol. The number of rotatable bonds is 5. The van der Waals surface area contributed by atoms with Crippen LogP contribution in [-0.4, -0.2) is 24.8 Å². The van der Waals surface area contributed by atoms with Crippen molar-refractivity contribution in [3.05, 3.63) is 28.2 Å². The summed E-state index contributed by atoms with van der Waals surface area (Å²) in [6.45, 7) is -0.00443. The number of halogens is 1. The smallest absolute Gasteiger partial charge is 0.258 e. The highest BCUT2D eigenvalue weighted by atomic mass is 79.9. The van der Waals surface area contributed by atoms with Gasteiger partial charge in [-0.05, 0) is 47.0 Å². The van der Waals surface area contributed by atoms with Gasteiger partial charge in [-0.2, -0.15) is 0 Å². The molecule has 4 nitrogen and oxygen atoms in total. The molecule has 108 valence electrons. The molecule has 0 spiro atoms.